The fourth-order valence-electron chi connectivity index (χ4n) is 3.89. The number of nitrogens with zero attached hydrogens (tertiary/aromatic N) is 2. The van der Waals surface area contributed by atoms with Crippen molar-refractivity contribution in [3.63, 3.8) is 0 Å². The Morgan fingerprint density at radius 2 is 2.00 bits per heavy atom. The summed E-state index contributed by atoms with van der Waals surface area (Å²) < 4.78 is 7.45. The van der Waals surface area contributed by atoms with E-state index in [1.807, 2.05) is 31.4 Å². The number of esters is 1. The third kappa shape index (κ3) is 5.03. The van der Waals surface area contributed by atoms with Crippen molar-refractivity contribution in [2.24, 2.45) is 0 Å². The molecule has 3 rings (SSSR count). The molecule has 1 amide bonds. The third-order valence-corrected chi connectivity index (χ3v) is 6.02. The lowest BCUT2D eigenvalue weighted by Gasteiger charge is -2.17. The number of hydrogen-bond acceptors (Lipinski definition) is 5. The number of aryl methyl sites for hydroxylation is 2. The van der Waals surface area contributed by atoms with E-state index in [2.05, 4.69) is 33.9 Å². The third-order valence-electron chi connectivity index (χ3n) is 5.38. The van der Waals surface area contributed by atoms with Crippen LogP contribution in [0.25, 0.3) is 21.8 Å². The predicted molar refractivity (Wildman–Crippen MR) is 128 cm³/mol. The molecule has 1 N–H and O–H groups in total. The minimum Gasteiger partial charge on any atom is -0.464 e. The molecular weight excluding hydrogens is 410 g/mol. The first-order valence-corrected chi connectivity index (χ1v) is 12.3. The van der Waals surface area contributed by atoms with E-state index in [1.54, 1.807) is 18.7 Å². The van der Waals surface area contributed by atoms with Crippen LogP contribution in [0.5, 0.6) is 0 Å². The molecule has 1 aromatic carbocycles. The van der Waals surface area contributed by atoms with Gasteiger partial charge in [0.2, 0.25) is 0 Å². The van der Waals surface area contributed by atoms with Crippen LogP contribution in [0, 0.1) is 6.92 Å². The van der Waals surface area contributed by atoms with E-state index >= 15 is 0 Å². The van der Waals surface area contributed by atoms with Gasteiger partial charge in [0.1, 0.15) is 11.7 Å². The second-order valence-corrected chi connectivity index (χ2v) is 8.56. The number of rotatable bonds is 10. The summed E-state index contributed by atoms with van der Waals surface area (Å²) in [4.78, 5) is 30.0. The number of nitrogens with one attached hydrogen (secondary N) is 1. The van der Waals surface area contributed by atoms with Crippen LogP contribution in [0.4, 0.5) is 0 Å². The number of carbonyl (C=O) groups is 2. The van der Waals surface area contributed by atoms with Gasteiger partial charge >= 0.3 is 5.97 Å². The highest BCUT2D eigenvalue weighted by Gasteiger charge is 2.24. The number of carbonyl (C=O) groups excluding carboxylic acids is 2. The van der Waals surface area contributed by atoms with Gasteiger partial charge in [-0.1, -0.05) is 31.5 Å². The number of para-hydroxylation sites is 1. The van der Waals surface area contributed by atoms with E-state index in [4.69, 9.17) is 4.74 Å². The molecule has 2 aromatic heterocycles. The number of hydrogen-bond donors (Lipinski definition) is 1. The van der Waals surface area contributed by atoms with Crippen LogP contribution in [0.2, 0.25) is 0 Å². The molecular formula is C24H31N3O3S. The second-order valence-electron chi connectivity index (χ2n) is 7.57. The molecule has 0 saturated heterocycles. The first kappa shape index (κ1) is 23.1. The second kappa shape index (κ2) is 10.7. The Bertz CT molecular complexity index is 1080. The number of pyridine rings is 1. The summed E-state index contributed by atoms with van der Waals surface area (Å²) in [5.74, 6) is -0.00593. The molecule has 0 fully saturated rings. The summed E-state index contributed by atoms with van der Waals surface area (Å²) in [5.41, 5.74) is 3.35. The largest absolute Gasteiger partial charge is 0.464 e. The summed E-state index contributed by atoms with van der Waals surface area (Å²) in [6.07, 6.45) is 4.67. The Labute approximate surface area is 187 Å². The highest BCUT2D eigenvalue weighted by atomic mass is 32.2. The average Bonchev–Trinajstić information content (AvgIpc) is 3.09. The minimum absolute atomic E-state index is 0.283. The van der Waals surface area contributed by atoms with Gasteiger partial charge in [-0.15, -0.1) is 0 Å². The molecule has 7 heteroatoms. The molecule has 0 bridgehead atoms. The fraction of sp³-hybridized carbons (Fsp3) is 0.458. The van der Waals surface area contributed by atoms with Crippen LogP contribution >= 0.6 is 11.8 Å². The first-order valence-electron chi connectivity index (χ1n) is 10.9. The monoisotopic (exact) mass is 441 g/mol. The van der Waals surface area contributed by atoms with Crippen molar-refractivity contribution in [2.45, 2.75) is 52.6 Å². The number of benzene rings is 1. The van der Waals surface area contributed by atoms with E-state index in [1.165, 1.54) is 0 Å². The lowest BCUT2D eigenvalue weighted by Crippen LogP contribution is -2.42. The predicted octanol–water partition coefficient (Wildman–Crippen LogP) is 4.71. The quantitative estimate of drug-likeness (QED) is 0.461. The Hall–Kier alpha value is -2.54. The van der Waals surface area contributed by atoms with Crippen LogP contribution in [-0.2, 0) is 16.1 Å². The normalized spacial score (nSPS) is 12.3. The van der Waals surface area contributed by atoms with Crippen molar-refractivity contribution in [1.82, 2.24) is 14.9 Å². The molecule has 0 aliphatic carbocycles. The Balaban J connectivity index is 2.00. The zero-order valence-electron chi connectivity index (χ0n) is 18.7. The number of fused-ring (bicyclic) bond motifs is 3. The summed E-state index contributed by atoms with van der Waals surface area (Å²) in [5, 5.41) is 4.96. The smallest absolute Gasteiger partial charge is 0.328 e. The maximum absolute atomic E-state index is 13.0. The molecule has 1 atom stereocenters. The number of ether oxygens (including phenoxy) is 1. The van der Waals surface area contributed by atoms with Crippen LogP contribution in [0.15, 0.2) is 30.3 Å². The average molecular weight is 442 g/mol. The molecule has 0 spiro atoms. The standard InChI is InChI=1S/C24H31N3O3S/c1-5-7-13-27-21-11-9-8-10-17(21)18-15-20(25-16(3)22(18)27)23(28)26-19(12-14-31-4)24(29)30-6-2/h8-11,15,19H,5-7,12-14H2,1-4H3,(H,26,28)/t19-/m0/s1. The number of thioether (sulfide) groups is 1. The zero-order valence-corrected chi connectivity index (χ0v) is 19.6. The van der Waals surface area contributed by atoms with Gasteiger partial charge < -0.3 is 14.6 Å². The van der Waals surface area contributed by atoms with Crippen molar-refractivity contribution < 1.29 is 14.3 Å². The van der Waals surface area contributed by atoms with E-state index in [9.17, 15) is 9.59 Å². The number of unbranched alkanes of at least 4 members (excludes halogenated alkanes) is 1. The van der Waals surface area contributed by atoms with Gasteiger partial charge in [0.25, 0.3) is 5.91 Å². The molecule has 3 aromatic rings. The topological polar surface area (TPSA) is 73.2 Å². The molecule has 0 saturated carbocycles. The highest BCUT2D eigenvalue weighted by molar-refractivity contribution is 7.98. The van der Waals surface area contributed by atoms with Crippen molar-refractivity contribution in [3.8, 4) is 0 Å². The maximum Gasteiger partial charge on any atom is 0.328 e. The molecule has 0 radical (unpaired) electrons. The molecule has 166 valence electrons. The summed E-state index contributed by atoms with van der Waals surface area (Å²) in [7, 11) is 0. The van der Waals surface area contributed by atoms with E-state index < -0.39 is 12.0 Å². The van der Waals surface area contributed by atoms with Crippen LogP contribution < -0.4 is 5.32 Å². The van der Waals surface area contributed by atoms with Gasteiger partial charge in [0.15, 0.2) is 0 Å². The van der Waals surface area contributed by atoms with Crippen molar-refractivity contribution >= 4 is 45.4 Å². The molecule has 31 heavy (non-hydrogen) atoms. The van der Waals surface area contributed by atoms with Crippen molar-refractivity contribution in [3.05, 3.63) is 41.7 Å². The van der Waals surface area contributed by atoms with Crippen LogP contribution in [0.1, 0.15) is 49.3 Å². The van der Waals surface area contributed by atoms with E-state index in [-0.39, 0.29) is 12.5 Å². The summed E-state index contributed by atoms with van der Waals surface area (Å²) >= 11 is 1.63. The summed E-state index contributed by atoms with van der Waals surface area (Å²) in [6, 6.07) is 9.42. The van der Waals surface area contributed by atoms with Gasteiger partial charge in [-0.2, -0.15) is 11.8 Å². The Morgan fingerprint density at radius 1 is 1.23 bits per heavy atom. The summed E-state index contributed by atoms with van der Waals surface area (Å²) in [6.45, 7) is 7.08. The zero-order chi connectivity index (χ0) is 22.4. The van der Waals surface area contributed by atoms with Gasteiger partial charge in [-0.05, 0) is 50.8 Å². The fourth-order valence-corrected chi connectivity index (χ4v) is 4.37. The Morgan fingerprint density at radius 3 is 2.71 bits per heavy atom. The number of amides is 1. The van der Waals surface area contributed by atoms with E-state index in [0.717, 1.165) is 52.6 Å². The lowest BCUT2D eigenvalue weighted by atomic mass is 10.1. The highest BCUT2D eigenvalue weighted by Crippen LogP contribution is 2.31. The molecule has 6 nitrogen and oxygen atoms in total. The lowest BCUT2D eigenvalue weighted by molar-refractivity contribution is -0.145. The van der Waals surface area contributed by atoms with Gasteiger partial charge in [0, 0.05) is 22.8 Å². The van der Waals surface area contributed by atoms with Crippen LogP contribution in [-0.4, -0.2) is 46.1 Å². The van der Waals surface area contributed by atoms with Gasteiger partial charge in [0.05, 0.1) is 17.8 Å². The van der Waals surface area contributed by atoms with Gasteiger partial charge in [-0.25, -0.2) is 9.78 Å². The minimum atomic E-state index is -0.677. The van der Waals surface area contributed by atoms with E-state index in [0.29, 0.717) is 12.1 Å². The molecule has 0 aliphatic heterocycles. The number of aromatic nitrogens is 2. The molecule has 2 heterocycles. The SMILES string of the molecule is CCCCn1c2ccccc2c2cc(C(=O)N[C@@H](CCSC)C(=O)OCC)nc(C)c21. The first-order chi connectivity index (χ1) is 15.0. The molecule has 0 aliphatic rings. The van der Waals surface area contributed by atoms with Crippen LogP contribution in [0.3, 0.4) is 0 Å². The van der Waals surface area contributed by atoms with Gasteiger partial charge in [-0.3, -0.25) is 4.79 Å². The molecule has 0 unspecified atom stereocenters. The Kier molecular flexibility index (Phi) is 7.96. The van der Waals surface area contributed by atoms with Crippen molar-refractivity contribution in [1.29, 1.82) is 0 Å². The van der Waals surface area contributed by atoms with Crippen molar-refractivity contribution in [2.75, 3.05) is 18.6 Å². The maximum atomic E-state index is 13.0.